The highest BCUT2D eigenvalue weighted by Crippen LogP contribution is 2.14. The number of esters is 2. The lowest BCUT2D eigenvalue weighted by molar-refractivity contribution is -0.889. The SMILES string of the molecule is CC/C=C/C/C=C/C/C=C/CCCCC(=O)OCC(COCCC(C(=O)[O-])[N+](C)(C)C)OC(=O)CCCCCCCCCCCC/C=C/C=C/CCCCCC. The van der Waals surface area contributed by atoms with Gasteiger partial charge in [0.05, 0.1) is 40.3 Å². The number of hydrogen-bond acceptors (Lipinski definition) is 7. The van der Waals surface area contributed by atoms with Crippen molar-refractivity contribution in [1.82, 2.24) is 0 Å². The van der Waals surface area contributed by atoms with Crippen LogP contribution in [0.5, 0.6) is 0 Å². The van der Waals surface area contributed by atoms with E-state index < -0.39 is 18.1 Å². The molecule has 0 aromatic heterocycles. The third-order valence-electron chi connectivity index (χ3n) is 9.67. The van der Waals surface area contributed by atoms with Crippen LogP contribution in [0.25, 0.3) is 0 Å². The number of aliphatic carboxylic acids is 1. The molecule has 0 aliphatic carbocycles. The first kappa shape index (κ1) is 53.0. The zero-order valence-electron chi connectivity index (χ0n) is 36.5. The maximum Gasteiger partial charge on any atom is 0.306 e. The fourth-order valence-electron chi connectivity index (χ4n) is 6.19. The van der Waals surface area contributed by atoms with Gasteiger partial charge in [0.15, 0.2) is 6.10 Å². The van der Waals surface area contributed by atoms with Crippen LogP contribution >= 0.6 is 0 Å². The van der Waals surface area contributed by atoms with Gasteiger partial charge in [-0.25, -0.2) is 0 Å². The van der Waals surface area contributed by atoms with Crippen LogP contribution in [-0.4, -0.2) is 75.5 Å². The summed E-state index contributed by atoms with van der Waals surface area (Å²) in [6.45, 7) is 4.47. The Morgan fingerprint density at radius 2 is 1.05 bits per heavy atom. The van der Waals surface area contributed by atoms with E-state index in [2.05, 4.69) is 74.6 Å². The van der Waals surface area contributed by atoms with Crippen molar-refractivity contribution in [3.05, 3.63) is 60.8 Å². The summed E-state index contributed by atoms with van der Waals surface area (Å²) in [4.78, 5) is 36.8. The van der Waals surface area contributed by atoms with Gasteiger partial charge in [-0.05, 0) is 70.6 Å². The average molecular weight is 786 g/mol. The van der Waals surface area contributed by atoms with Gasteiger partial charge in [-0.2, -0.15) is 0 Å². The molecule has 0 spiro atoms. The highest BCUT2D eigenvalue weighted by Gasteiger charge is 2.25. The molecule has 0 aromatic rings. The minimum Gasteiger partial charge on any atom is -0.544 e. The van der Waals surface area contributed by atoms with Gasteiger partial charge in [0.25, 0.3) is 0 Å². The Morgan fingerprint density at radius 1 is 0.571 bits per heavy atom. The summed E-state index contributed by atoms with van der Waals surface area (Å²) >= 11 is 0. The summed E-state index contributed by atoms with van der Waals surface area (Å²) < 4.78 is 17.1. The van der Waals surface area contributed by atoms with Gasteiger partial charge in [-0.1, -0.05) is 145 Å². The molecule has 0 radical (unpaired) electrons. The summed E-state index contributed by atoms with van der Waals surface area (Å²) in [6.07, 6.45) is 46.8. The van der Waals surface area contributed by atoms with Gasteiger partial charge in [0, 0.05) is 19.3 Å². The maximum absolute atomic E-state index is 12.7. The van der Waals surface area contributed by atoms with Gasteiger partial charge in [-0.15, -0.1) is 0 Å². The predicted molar refractivity (Wildman–Crippen MR) is 231 cm³/mol. The molecule has 0 amide bonds. The molecule has 0 aliphatic heterocycles. The summed E-state index contributed by atoms with van der Waals surface area (Å²) in [5.41, 5.74) is 0. The van der Waals surface area contributed by atoms with Gasteiger partial charge >= 0.3 is 11.9 Å². The number of hydrogen-bond donors (Lipinski definition) is 0. The molecule has 0 fully saturated rings. The molecule has 0 heterocycles. The van der Waals surface area contributed by atoms with E-state index in [1.807, 2.05) is 0 Å². The third kappa shape index (κ3) is 36.7. The molecule has 56 heavy (non-hydrogen) atoms. The van der Waals surface area contributed by atoms with E-state index in [4.69, 9.17) is 14.2 Å². The van der Waals surface area contributed by atoms with Crippen LogP contribution in [-0.2, 0) is 28.6 Å². The second-order valence-corrected chi connectivity index (χ2v) is 15.9. The first-order valence-electron chi connectivity index (χ1n) is 22.3. The number of nitrogens with zero attached hydrogens (tertiary/aromatic N) is 1. The molecule has 0 bridgehead atoms. The Morgan fingerprint density at radius 3 is 1.62 bits per heavy atom. The molecule has 0 aromatic carbocycles. The molecule has 322 valence electrons. The summed E-state index contributed by atoms with van der Waals surface area (Å²) in [7, 11) is 5.39. The number of carbonyl (C=O) groups is 3. The number of carbonyl (C=O) groups excluding carboxylic acids is 3. The van der Waals surface area contributed by atoms with E-state index in [0.717, 1.165) is 51.4 Å². The Balaban J connectivity index is 4.34. The molecular weight excluding hydrogens is 703 g/mol. The molecule has 0 rings (SSSR count). The lowest BCUT2D eigenvalue weighted by atomic mass is 10.1. The van der Waals surface area contributed by atoms with E-state index in [9.17, 15) is 19.5 Å². The van der Waals surface area contributed by atoms with Crippen molar-refractivity contribution in [2.24, 2.45) is 0 Å². The van der Waals surface area contributed by atoms with Crippen molar-refractivity contribution in [2.75, 3.05) is 41.0 Å². The van der Waals surface area contributed by atoms with Gasteiger partial charge in [0.1, 0.15) is 12.6 Å². The number of allylic oxidation sites excluding steroid dienone is 10. The minimum absolute atomic E-state index is 0.0252. The molecule has 0 saturated carbocycles. The fourth-order valence-corrected chi connectivity index (χ4v) is 6.19. The monoisotopic (exact) mass is 786 g/mol. The van der Waals surface area contributed by atoms with E-state index in [1.54, 1.807) is 21.1 Å². The van der Waals surface area contributed by atoms with Crippen LogP contribution in [0.1, 0.15) is 174 Å². The van der Waals surface area contributed by atoms with Gasteiger partial charge in [-0.3, -0.25) is 9.59 Å². The summed E-state index contributed by atoms with van der Waals surface area (Å²) in [6, 6.07) is -0.733. The molecule has 0 N–H and O–H groups in total. The highest BCUT2D eigenvalue weighted by atomic mass is 16.6. The van der Waals surface area contributed by atoms with E-state index in [-0.39, 0.29) is 42.7 Å². The zero-order valence-corrected chi connectivity index (χ0v) is 36.5. The minimum atomic E-state index is -1.13. The Hall–Kier alpha value is -2.97. The zero-order chi connectivity index (χ0) is 41.4. The molecular formula is C48H83NO7. The molecule has 2 unspecified atom stereocenters. The van der Waals surface area contributed by atoms with E-state index in [1.165, 1.54) is 83.5 Å². The topological polar surface area (TPSA) is 102 Å². The van der Waals surface area contributed by atoms with Crippen LogP contribution in [0.15, 0.2) is 60.8 Å². The second-order valence-electron chi connectivity index (χ2n) is 15.9. The molecule has 8 heteroatoms. The van der Waals surface area contributed by atoms with Crippen LogP contribution in [0.3, 0.4) is 0 Å². The number of carboxylic acids is 1. The van der Waals surface area contributed by atoms with Crippen LogP contribution < -0.4 is 5.11 Å². The number of carboxylic acid groups (broad SMARTS) is 1. The van der Waals surface area contributed by atoms with E-state index in [0.29, 0.717) is 19.3 Å². The standard InChI is InChI=1S/C48H83NO7/c1-6-8-10-12-14-16-18-20-21-22-23-24-25-26-27-29-31-33-35-37-39-47(51)56-44(42-54-41-40-45(48(52)53)49(3,4)5)43-55-46(50)38-36-34-32-30-28-19-17-15-13-11-9-7-2/h9,11,15-18,20-21,28,30,44-45H,6-8,10,12-14,19,22-27,29,31-43H2,1-5H3/b11-9+,17-15+,18-16+,21-20+,30-28+. The quantitative estimate of drug-likeness (QED) is 0.0201. The largest absolute Gasteiger partial charge is 0.544 e. The van der Waals surface area contributed by atoms with Crippen molar-refractivity contribution in [3.8, 4) is 0 Å². The smallest absolute Gasteiger partial charge is 0.306 e. The predicted octanol–water partition coefficient (Wildman–Crippen LogP) is 10.9. The van der Waals surface area contributed by atoms with E-state index >= 15 is 0 Å². The Kier molecular flexibility index (Phi) is 36.8. The highest BCUT2D eigenvalue weighted by molar-refractivity contribution is 5.70. The normalized spacial score (nSPS) is 13.5. The molecule has 8 nitrogen and oxygen atoms in total. The molecule has 2 atom stereocenters. The Labute approximate surface area is 343 Å². The lowest BCUT2D eigenvalue weighted by Crippen LogP contribution is -2.55. The van der Waals surface area contributed by atoms with Crippen molar-refractivity contribution in [2.45, 2.75) is 187 Å². The number of unbranched alkanes of at least 4 members (excludes halogenated alkanes) is 16. The lowest BCUT2D eigenvalue weighted by Gasteiger charge is -2.34. The molecule has 0 aliphatic rings. The first-order chi connectivity index (χ1) is 27.1. The number of quaternary nitrogens is 1. The van der Waals surface area contributed by atoms with Gasteiger partial charge in [0.2, 0.25) is 0 Å². The van der Waals surface area contributed by atoms with Gasteiger partial charge < -0.3 is 28.6 Å². The van der Waals surface area contributed by atoms with Crippen molar-refractivity contribution in [1.29, 1.82) is 0 Å². The number of ether oxygens (including phenoxy) is 3. The number of likely N-dealkylation sites (N-methyl/N-ethyl adjacent to an activating group) is 1. The van der Waals surface area contributed by atoms with Crippen molar-refractivity contribution < 1.29 is 38.2 Å². The maximum atomic E-state index is 12.7. The van der Waals surface area contributed by atoms with Crippen LogP contribution in [0, 0.1) is 0 Å². The Bertz CT molecular complexity index is 1100. The fraction of sp³-hybridized carbons (Fsp3) is 0.729. The third-order valence-corrected chi connectivity index (χ3v) is 9.67. The summed E-state index contributed by atoms with van der Waals surface area (Å²) in [5.74, 6) is -1.79. The van der Waals surface area contributed by atoms with Crippen LogP contribution in [0.2, 0.25) is 0 Å². The second kappa shape index (κ2) is 38.9. The number of rotatable bonds is 39. The molecule has 0 saturated heterocycles. The van der Waals surface area contributed by atoms with Crippen LogP contribution in [0.4, 0.5) is 0 Å². The first-order valence-corrected chi connectivity index (χ1v) is 22.3. The van der Waals surface area contributed by atoms with Crippen molar-refractivity contribution >= 4 is 17.9 Å². The summed E-state index contributed by atoms with van der Waals surface area (Å²) in [5, 5.41) is 11.6. The van der Waals surface area contributed by atoms with Crippen molar-refractivity contribution in [3.63, 3.8) is 0 Å². The average Bonchev–Trinajstić information content (AvgIpc) is 3.15.